The predicted octanol–water partition coefficient (Wildman–Crippen LogP) is 2.01. The molecule has 0 aromatic heterocycles. The molecule has 0 saturated carbocycles. The van der Waals surface area contributed by atoms with Crippen LogP contribution in [0.15, 0.2) is 24.3 Å². The van der Waals surface area contributed by atoms with Gasteiger partial charge in [-0.25, -0.2) is 4.39 Å². The summed E-state index contributed by atoms with van der Waals surface area (Å²) in [6.45, 7) is 4.85. The summed E-state index contributed by atoms with van der Waals surface area (Å²) < 4.78 is 18.8. The Morgan fingerprint density at radius 3 is 2.77 bits per heavy atom. The summed E-state index contributed by atoms with van der Waals surface area (Å²) in [4.78, 5) is 16.8. The van der Waals surface area contributed by atoms with Crippen molar-refractivity contribution in [1.29, 1.82) is 0 Å². The van der Waals surface area contributed by atoms with Crippen molar-refractivity contribution in [3.63, 3.8) is 0 Å². The molecule has 1 spiro atoms. The maximum Gasteiger partial charge on any atom is 0.253 e. The number of benzene rings is 1. The van der Waals surface area contributed by atoms with E-state index in [4.69, 9.17) is 4.74 Å². The Morgan fingerprint density at radius 2 is 2.00 bits per heavy atom. The van der Waals surface area contributed by atoms with Crippen molar-refractivity contribution < 1.29 is 13.9 Å². The van der Waals surface area contributed by atoms with Crippen LogP contribution in [0.2, 0.25) is 0 Å². The molecule has 1 amide bonds. The van der Waals surface area contributed by atoms with E-state index in [1.54, 1.807) is 12.1 Å². The van der Waals surface area contributed by atoms with Crippen LogP contribution in [0.25, 0.3) is 0 Å². The van der Waals surface area contributed by atoms with Crippen molar-refractivity contribution >= 4 is 5.91 Å². The van der Waals surface area contributed by atoms with Crippen LogP contribution in [0.3, 0.4) is 0 Å². The number of amides is 1. The summed E-state index contributed by atoms with van der Waals surface area (Å²) in [5.74, 6) is -0.323. The van der Waals surface area contributed by atoms with E-state index in [2.05, 4.69) is 11.9 Å². The Kier molecular flexibility index (Phi) is 4.45. The minimum absolute atomic E-state index is 0.00836. The first-order chi connectivity index (χ1) is 10.6. The number of nitrogens with zero attached hydrogens (tertiary/aromatic N) is 2. The second-order valence-corrected chi connectivity index (χ2v) is 6.63. The molecule has 0 radical (unpaired) electrons. The number of carbonyl (C=O) groups excluding carboxylic acids is 1. The van der Waals surface area contributed by atoms with E-state index in [-0.39, 0.29) is 17.1 Å². The monoisotopic (exact) mass is 306 g/mol. The van der Waals surface area contributed by atoms with Gasteiger partial charge in [-0.2, -0.15) is 0 Å². The lowest BCUT2D eigenvalue weighted by Gasteiger charge is -2.43. The molecule has 1 aromatic carbocycles. The molecular weight excluding hydrogens is 283 g/mol. The van der Waals surface area contributed by atoms with E-state index < -0.39 is 0 Å². The highest BCUT2D eigenvalue weighted by Crippen LogP contribution is 2.33. The third-order valence-electron chi connectivity index (χ3n) is 4.67. The van der Waals surface area contributed by atoms with E-state index >= 15 is 0 Å². The van der Waals surface area contributed by atoms with Crippen LogP contribution in [0, 0.1) is 11.2 Å². The zero-order chi connectivity index (χ0) is 15.6. The van der Waals surface area contributed by atoms with E-state index in [1.165, 1.54) is 12.1 Å². The summed E-state index contributed by atoms with van der Waals surface area (Å²) in [6, 6.07) is 5.81. The predicted molar refractivity (Wildman–Crippen MR) is 82.3 cm³/mol. The van der Waals surface area contributed by atoms with Crippen molar-refractivity contribution in [2.45, 2.75) is 12.8 Å². The highest BCUT2D eigenvalue weighted by atomic mass is 19.1. The molecule has 0 bridgehead atoms. The molecule has 5 heteroatoms. The Labute approximate surface area is 130 Å². The fourth-order valence-corrected chi connectivity index (χ4v) is 3.61. The first kappa shape index (κ1) is 15.4. The summed E-state index contributed by atoms with van der Waals surface area (Å²) in [7, 11) is 2.11. The van der Waals surface area contributed by atoms with Gasteiger partial charge in [-0.05, 0) is 44.2 Å². The number of likely N-dealkylation sites (N-methyl/N-ethyl adjacent to an activating group) is 1. The first-order valence-electron chi connectivity index (χ1n) is 7.89. The molecule has 4 nitrogen and oxygen atoms in total. The van der Waals surface area contributed by atoms with Gasteiger partial charge in [0.15, 0.2) is 0 Å². The molecule has 0 aliphatic carbocycles. The van der Waals surface area contributed by atoms with E-state index in [9.17, 15) is 9.18 Å². The lowest BCUT2D eigenvalue weighted by Crippen LogP contribution is -2.51. The molecule has 2 aliphatic heterocycles. The fraction of sp³-hybridized carbons (Fsp3) is 0.588. The van der Waals surface area contributed by atoms with Crippen molar-refractivity contribution in [3.05, 3.63) is 35.6 Å². The number of rotatable bonds is 1. The third kappa shape index (κ3) is 3.31. The van der Waals surface area contributed by atoms with Gasteiger partial charge < -0.3 is 14.5 Å². The smallest absolute Gasteiger partial charge is 0.253 e. The van der Waals surface area contributed by atoms with Crippen LogP contribution in [-0.4, -0.2) is 62.1 Å². The van der Waals surface area contributed by atoms with Gasteiger partial charge in [0, 0.05) is 37.2 Å². The number of carbonyl (C=O) groups is 1. The zero-order valence-electron chi connectivity index (χ0n) is 13.1. The lowest BCUT2D eigenvalue weighted by molar-refractivity contribution is 0.00860. The van der Waals surface area contributed by atoms with Crippen molar-refractivity contribution in [1.82, 2.24) is 9.80 Å². The molecule has 22 heavy (non-hydrogen) atoms. The van der Waals surface area contributed by atoms with Crippen LogP contribution in [0.1, 0.15) is 23.2 Å². The number of piperidine rings is 1. The Hall–Kier alpha value is -1.46. The Balaban J connectivity index is 1.74. The largest absolute Gasteiger partial charge is 0.379 e. The van der Waals surface area contributed by atoms with Gasteiger partial charge in [0.25, 0.3) is 5.91 Å². The third-order valence-corrected chi connectivity index (χ3v) is 4.67. The van der Waals surface area contributed by atoms with Crippen LogP contribution in [0.5, 0.6) is 0 Å². The highest BCUT2D eigenvalue weighted by molar-refractivity contribution is 5.94. The van der Waals surface area contributed by atoms with E-state index in [0.717, 1.165) is 39.1 Å². The summed E-state index contributed by atoms with van der Waals surface area (Å²) in [5.41, 5.74) is 0.584. The van der Waals surface area contributed by atoms with Gasteiger partial charge in [-0.1, -0.05) is 0 Å². The number of halogens is 1. The summed E-state index contributed by atoms with van der Waals surface area (Å²) >= 11 is 0. The summed E-state index contributed by atoms with van der Waals surface area (Å²) in [6.07, 6.45) is 2.08. The SMILES string of the molecule is CN1CCOCC2(CCCN(C(=O)c3ccc(F)cc3)C2)C1. The van der Waals surface area contributed by atoms with Crippen molar-refractivity contribution in [3.8, 4) is 0 Å². The van der Waals surface area contributed by atoms with Crippen LogP contribution in [0.4, 0.5) is 4.39 Å². The molecule has 2 saturated heterocycles. The topological polar surface area (TPSA) is 32.8 Å². The van der Waals surface area contributed by atoms with Gasteiger partial charge in [-0.3, -0.25) is 4.79 Å². The minimum Gasteiger partial charge on any atom is -0.379 e. The molecule has 1 aromatic rings. The average molecular weight is 306 g/mol. The van der Waals surface area contributed by atoms with Crippen LogP contribution >= 0.6 is 0 Å². The second kappa shape index (κ2) is 6.34. The van der Waals surface area contributed by atoms with Crippen LogP contribution in [-0.2, 0) is 4.74 Å². The quantitative estimate of drug-likeness (QED) is 0.796. The minimum atomic E-state index is -0.314. The van der Waals surface area contributed by atoms with Gasteiger partial charge in [-0.15, -0.1) is 0 Å². The average Bonchev–Trinajstić information content (AvgIpc) is 2.69. The highest BCUT2D eigenvalue weighted by Gasteiger charge is 2.39. The maximum atomic E-state index is 13.0. The van der Waals surface area contributed by atoms with Gasteiger partial charge in [0.05, 0.1) is 13.2 Å². The molecule has 2 aliphatic rings. The molecule has 1 atom stereocenters. The maximum absolute atomic E-state index is 13.0. The van der Waals surface area contributed by atoms with Gasteiger partial charge in [0.1, 0.15) is 5.82 Å². The van der Waals surface area contributed by atoms with E-state index in [0.29, 0.717) is 18.7 Å². The second-order valence-electron chi connectivity index (χ2n) is 6.63. The van der Waals surface area contributed by atoms with E-state index in [1.807, 2.05) is 4.90 Å². The Bertz CT molecular complexity index is 534. The number of ether oxygens (including phenoxy) is 1. The first-order valence-corrected chi connectivity index (χ1v) is 7.89. The lowest BCUT2D eigenvalue weighted by atomic mass is 9.80. The molecule has 2 fully saturated rings. The molecular formula is C17H23FN2O2. The molecule has 1 unspecified atom stereocenters. The fourth-order valence-electron chi connectivity index (χ4n) is 3.61. The van der Waals surface area contributed by atoms with Crippen LogP contribution < -0.4 is 0 Å². The standard InChI is InChI=1S/C17H23FN2O2/c1-19-9-10-22-13-17(11-19)7-2-8-20(12-17)16(21)14-3-5-15(18)6-4-14/h3-6H,2,7-13H2,1H3. The Morgan fingerprint density at radius 1 is 1.23 bits per heavy atom. The van der Waals surface area contributed by atoms with Crippen molar-refractivity contribution in [2.75, 3.05) is 46.4 Å². The number of likely N-dealkylation sites (tertiary alicyclic amines) is 1. The molecule has 3 rings (SSSR count). The summed E-state index contributed by atoms with van der Waals surface area (Å²) in [5, 5.41) is 0. The van der Waals surface area contributed by atoms with Gasteiger partial charge >= 0.3 is 0 Å². The molecule has 0 N–H and O–H groups in total. The molecule has 120 valence electrons. The van der Waals surface area contributed by atoms with Crippen molar-refractivity contribution in [2.24, 2.45) is 5.41 Å². The number of hydrogen-bond donors (Lipinski definition) is 0. The zero-order valence-corrected chi connectivity index (χ0v) is 13.1. The normalized spacial score (nSPS) is 26.9. The van der Waals surface area contributed by atoms with Gasteiger partial charge in [0.2, 0.25) is 0 Å². The number of hydrogen-bond acceptors (Lipinski definition) is 3. The molecule has 2 heterocycles.